The van der Waals surface area contributed by atoms with Gasteiger partial charge in [0, 0.05) is 0 Å². The minimum atomic E-state index is 1.50. The standard InChI is InChI=1S/22C4H8/c22*1-2-4-3-1/h22*1-4H2. The molecule has 528 valence electrons. The number of rotatable bonds is 0. The maximum absolute atomic E-state index is 1.50. The lowest BCUT2D eigenvalue weighted by molar-refractivity contribution is 0.504. The van der Waals surface area contributed by atoms with Crippen LogP contribution in [0.5, 0.6) is 0 Å². The van der Waals surface area contributed by atoms with Crippen molar-refractivity contribution in [2.75, 3.05) is 0 Å². The molecule has 88 heavy (non-hydrogen) atoms. The molecule has 0 spiro atoms. The van der Waals surface area contributed by atoms with Gasteiger partial charge in [-0.2, -0.15) is 0 Å². The van der Waals surface area contributed by atoms with E-state index in [9.17, 15) is 0 Å². The lowest BCUT2D eigenvalue weighted by Crippen LogP contribution is -1.85. The Morgan fingerprint density at radius 2 is 0.0341 bits per heavy atom. The van der Waals surface area contributed by atoms with Crippen LogP contribution in [0.2, 0.25) is 0 Å². The van der Waals surface area contributed by atoms with Crippen LogP contribution in [-0.2, 0) is 0 Å². The van der Waals surface area contributed by atoms with E-state index in [2.05, 4.69) is 0 Å². The molecule has 0 aliphatic heterocycles. The van der Waals surface area contributed by atoms with Crippen LogP contribution in [0.1, 0.15) is 565 Å². The van der Waals surface area contributed by atoms with E-state index in [0.29, 0.717) is 0 Å². The summed E-state index contributed by atoms with van der Waals surface area (Å²) in [5.41, 5.74) is 0. The fourth-order valence-electron chi connectivity index (χ4n) is 5.50. The van der Waals surface area contributed by atoms with Gasteiger partial charge in [0.2, 0.25) is 0 Å². The van der Waals surface area contributed by atoms with Crippen LogP contribution in [0.4, 0.5) is 0 Å². The summed E-state index contributed by atoms with van der Waals surface area (Å²) >= 11 is 0. The fraction of sp³-hybridized carbons (Fsp3) is 1.00. The molecule has 0 saturated heterocycles. The van der Waals surface area contributed by atoms with Gasteiger partial charge in [-0.25, -0.2) is 0 Å². The van der Waals surface area contributed by atoms with E-state index in [1.165, 1.54) is 565 Å². The first-order valence-electron chi connectivity index (χ1n) is 44.0. The van der Waals surface area contributed by atoms with Crippen LogP contribution in [0, 0.1) is 0 Å². The van der Waals surface area contributed by atoms with Gasteiger partial charge < -0.3 is 0 Å². The van der Waals surface area contributed by atoms with Gasteiger partial charge in [0.05, 0.1) is 0 Å². The molecule has 0 amide bonds. The molecule has 0 radical (unpaired) electrons. The summed E-state index contributed by atoms with van der Waals surface area (Å²) in [5, 5.41) is 0. The molecule has 22 fully saturated rings. The van der Waals surface area contributed by atoms with Gasteiger partial charge in [0.15, 0.2) is 0 Å². The predicted molar refractivity (Wildman–Crippen MR) is 406 cm³/mol. The maximum Gasteiger partial charge on any atom is -0.0533 e. The van der Waals surface area contributed by atoms with Gasteiger partial charge in [0.1, 0.15) is 0 Å². The third kappa shape index (κ3) is 80.2. The van der Waals surface area contributed by atoms with E-state index in [4.69, 9.17) is 0 Å². The van der Waals surface area contributed by atoms with E-state index in [1.807, 2.05) is 0 Å². The predicted octanol–water partition coefficient (Wildman–Crippen LogP) is 34.3. The Kier molecular flexibility index (Phi) is 81.2. The summed E-state index contributed by atoms with van der Waals surface area (Å²) < 4.78 is 0. The molecule has 0 nitrogen and oxygen atoms in total. The van der Waals surface area contributed by atoms with Crippen molar-refractivity contribution in [2.24, 2.45) is 0 Å². The Bertz CT molecular complexity index is 568. The molecule has 0 unspecified atom stereocenters. The molecule has 22 aliphatic carbocycles. The number of hydrogen-bond acceptors (Lipinski definition) is 0. The zero-order valence-corrected chi connectivity index (χ0v) is 62.2. The Morgan fingerprint density at radius 1 is 0.0227 bits per heavy atom. The van der Waals surface area contributed by atoms with Crippen LogP contribution < -0.4 is 0 Å². The maximum atomic E-state index is 1.50. The van der Waals surface area contributed by atoms with Crippen LogP contribution in [-0.4, -0.2) is 0 Å². The molecule has 22 aliphatic rings. The summed E-state index contributed by atoms with van der Waals surface area (Å²) in [6, 6.07) is 0. The highest BCUT2D eigenvalue weighted by Gasteiger charge is 2.03. The van der Waals surface area contributed by atoms with Crippen LogP contribution in [0.25, 0.3) is 0 Å². The molecule has 0 aromatic rings. The molecule has 22 rings (SSSR count). The van der Waals surface area contributed by atoms with Crippen molar-refractivity contribution < 1.29 is 0 Å². The Morgan fingerprint density at radius 3 is 0.0341 bits per heavy atom. The Hall–Kier alpha value is 0. The van der Waals surface area contributed by atoms with E-state index in [1.54, 1.807) is 0 Å². The topological polar surface area (TPSA) is 0 Å². The molecule has 0 bridgehead atoms. The van der Waals surface area contributed by atoms with Crippen LogP contribution >= 0.6 is 0 Å². The van der Waals surface area contributed by atoms with E-state index in [0.717, 1.165) is 0 Å². The average Bonchev–Trinajstić information content (AvgIpc) is 2.94. The highest BCUT2D eigenvalue weighted by Crippen LogP contribution is 2.23. The van der Waals surface area contributed by atoms with E-state index < -0.39 is 0 Å². The SMILES string of the molecule is C1CCC1.C1CCC1.C1CCC1.C1CCC1.C1CCC1.C1CCC1.C1CCC1.C1CCC1.C1CCC1.C1CCC1.C1CCC1.C1CCC1.C1CCC1.C1CCC1.C1CCC1.C1CCC1.C1CCC1.C1CCC1.C1CCC1.C1CCC1.C1CCC1.C1CCC1. The zero-order valence-electron chi connectivity index (χ0n) is 62.2. The lowest BCUT2D eigenvalue weighted by atomic mass is 10.0. The molecule has 0 atom stereocenters. The first-order chi connectivity index (χ1) is 44.0. The normalized spacial score (nSPS) is 24.0. The highest BCUT2D eigenvalue weighted by molar-refractivity contribution is 4.59. The van der Waals surface area contributed by atoms with Gasteiger partial charge >= 0.3 is 0 Å². The zero-order chi connectivity index (χ0) is 62.2. The van der Waals surface area contributed by atoms with Crippen LogP contribution in [0.15, 0.2) is 0 Å². The first-order valence-corrected chi connectivity index (χ1v) is 44.0. The van der Waals surface area contributed by atoms with Crippen LogP contribution in [0.3, 0.4) is 0 Å². The quantitative estimate of drug-likeness (QED) is 0.227. The summed E-state index contributed by atoms with van der Waals surface area (Å²) in [6.07, 6.45) is 132. The minimum Gasteiger partial charge on any atom is -0.0533 e. The Labute approximate surface area is 561 Å². The van der Waals surface area contributed by atoms with Gasteiger partial charge in [-0.15, -0.1) is 0 Å². The molecular formula is C88H176. The fourth-order valence-corrected chi connectivity index (χ4v) is 5.50. The summed E-state index contributed by atoms with van der Waals surface area (Å²) in [6.45, 7) is 0. The molecule has 0 aromatic heterocycles. The van der Waals surface area contributed by atoms with Gasteiger partial charge in [-0.3, -0.25) is 0 Å². The first kappa shape index (κ1) is 86.0. The molecule has 0 heteroatoms. The monoisotopic (exact) mass is 1230 g/mol. The molecule has 22 saturated carbocycles. The highest BCUT2D eigenvalue weighted by atomic mass is 14.1. The average molecular weight is 1230 g/mol. The largest absolute Gasteiger partial charge is 0.0533 e. The Balaban J connectivity index is 0.000000461. The van der Waals surface area contributed by atoms with Crippen molar-refractivity contribution in [3.63, 3.8) is 0 Å². The second-order valence-corrected chi connectivity index (χ2v) is 31.1. The third-order valence-electron chi connectivity index (χ3n) is 22.0. The van der Waals surface area contributed by atoms with Gasteiger partial charge in [0.25, 0.3) is 0 Å². The third-order valence-corrected chi connectivity index (χ3v) is 22.0. The summed E-state index contributed by atoms with van der Waals surface area (Å²) in [4.78, 5) is 0. The molecular weight excluding hydrogens is 1060 g/mol. The number of hydrogen-bond donors (Lipinski definition) is 0. The van der Waals surface area contributed by atoms with Crippen molar-refractivity contribution >= 4 is 0 Å². The van der Waals surface area contributed by atoms with Gasteiger partial charge in [-0.05, 0) is 0 Å². The molecule has 0 N–H and O–H groups in total. The van der Waals surface area contributed by atoms with E-state index in [-0.39, 0.29) is 0 Å². The van der Waals surface area contributed by atoms with Crippen molar-refractivity contribution in [3.8, 4) is 0 Å². The second-order valence-electron chi connectivity index (χ2n) is 31.1. The van der Waals surface area contributed by atoms with Crippen molar-refractivity contribution in [3.05, 3.63) is 0 Å². The van der Waals surface area contributed by atoms with Crippen molar-refractivity contribution in [1.29, 1.82) is 0 Å². The van der Waals surface area contributed by atoms with E-state index >= 15 is 0 Å². The minimum absolute atomic E-state index is 1.50. The van der Waals surface area contributed by atoms with Crippen molar-refractivity contribution in [1.82, 2.24) is 0 Å². The van der Waals surface area contributed by atoms with Crippen molar-refractivity contribution in [2.45, 2.75) is 565 Å². The summed E-state index contributed by atoms with van der Waals surface area (Å²) in [7, 11) is 0. The second kappa shape index (κ2) is 83.1. The summed E-state index contributed by atoms with van der Waals surface area (Å²) in [5.74, 6) is 0. The lowest BCUT2D eigenvalue weighted by Gasteiger charge is -2.05. The van der Waals surface area contributed by atoms with Gasteiger partial charge in [-0.1, -0.05) is 565 Å². The molecule has 0 heterocycles. The molecule has 0 aromatic carbocycles. The smallest absolute Gasteiger partial charge is 0.0533 e.